The Kier molecular flexibility index (Phi) is 5.01. The molecule has 0 spiro atoms. The number of likely N-dealkylation sites (N-methyl/N-ethyl adjacent to an activating group) is 1. The quantitative estimate of drug-likeness (QED) is 0.888. The zero-order valence-electron chi connectivity index (χ0n) is 14.3. The first-order valence-electron chi connectivity index (χ1n) is 8.60. The van der Waals surface area contributed by atoms with E-state index in [-0.39, 0.29) is 18.0 Å². The number of aromatic nitrogens is 2. The predicted octanol–water partition coefficient (Wildman–Crippen LogP) is 0.963. The van der Waals surface area contributed by atoms with E-state index in [1.165, 1.54) is 0 Å². The molecule has 2 aliphatic heterocycles. The van der Waals surface area contributed by atoms with Gasteiger partial charge < -0.3 is 19.6 Å². The van der Waals surface area contributed by atoms with Crippen LogP contribution in [0.5, 0.6) is 0 Å². The Bertz CT molecular complexity index is 594. The standard InChI is InChI=1S/C16H25N5O3/c1-11-17-14(19-24-11)9-12-5-7-21(8-6-12)16(23)18-13-3-4-15(22)20(2)10-13/h12-13H,3-10H2,1-2H3,(H,18,23)/t13-/m1/s1. The van der Waals surface area contributed by atoms with Gasteiger partial charge in [-0.15, -0.1) is 0 Å². The van der Waals surface area contributed by atoms with Crippen molar-refractivity contribution in [1.29, 1.82) is 0 Å². The summed E-state index contributed by atoms with van der Waals surface area (Å²) in [6.07, 6.45) is 3.94. The first-order chi connectivity index (χ1) is 11.5. The number of carbonyl (C=O) groups excluding carboxylic acids is 2. The molecule has 1 aromatic rings. The minimum absolute atomic E-state index is 0.0170. The lowest BCUT2D eigenvalue weighted by molar-refractivity contribution is -0.132. The molecular weight excluding hydrogens is 310 g/mol. The number of likely N-dealkylation sites (tertiary alicyclic amines) is 2. The first kappa shape index (κ1) is 16.7. The van der Waals surface area contributed by atoms with Crippen LogP contribution >= 0.6 is 0 Å². The summed E-state index contributed by atoms with van der Waals surface area (Å²) in [6, 6.07) is 0.0387. The maximum Gasteiger partial charge on any atom is 0.317 e. The van der Waals surface area contributed by atoms with Gasteiger partial charge in [0.1, 0.15) is 0 Å². The fourth-order valence-electron chi connectivity index (χ4n) is 3.42. The third-order valence-electron chi connectivity index (χ3n) is 4.90. The lowest BCUT2D eigenvalue weighted by Gasteiger charge is -2.35. The van der Waals surface area contributed by atoms with E-state index in [0.717, 1.165) is 44.6 Å². The average Bonchev–Trinajstić information content (AvgIpc) is 2.96. The zero-order valence-corrected chi connectivity index (χ0v) is 14.3. The van der Waals surface area contributed by atoms with Crippen molar-refractivity contribution in [2.75, 3.05) is 26.7 Å². The fourth-order valence-corrected chi connectivity index (χ4v) is 3.42. The Hall–Kier alpha value is -2.12. The van der Waals surface area contributed by atoms with E-state index >= 15 is 0 Å². The van der Waals surface area contributed by atoms with Crippen LogP contribution in [0.2, 0.25) is 0 Å². The summed E-state index contributed by atoms with van der Waals surface area (Å²) in [6.45, 7) is 3.88. The molecule has 2 aliphatic rings. The number of nitrogens with one attached hydrogen (secondary N) is 1. The van der Waals surface area contributed by atoms with Crippen molar-refractivity contribution in [1.82, 2.24) is 25.3 Å². The van der Waals surface area contributed by atoms with E-state index < -0.39 is 0 Å². The molecule has 0 aliphatic carbocycles. The Labute approximate surface area is 141 Å². The van der Waals surface area contributed by atoms with Gasteiger partial charge in [-0.2, -0.15) is 4.98 Å². The summed E-state index contributed by atoms with van der Waals surface area (Å²) in [4.78, 5) is 31.7. The van der Waals surface area contributed by atoms with Crippen molar-refractivity contribution < 1.29 is 14.1 Å². The topological polar surface area (TPSA) is 91.6 Å². The van der Waals surface area contributed by atoms with Gasteiger partial charge in [-0.1, -0.05) is 5.16 Å². The monoisotopic (exact) mass is 335 g/mol. The van der Waals surface area contributed by atoms with Gasteiger partial charge in [-0.25, -0.2) is 4.79 Å². The molecule has 3 amide bonds. The molecule has 2 fully saturated rings. The van der Waals surface area contributed by atoms with Gasteiger partial charge in [0.25, 0.3) is 0 Å². The van der Waals surface area contributed by atoms with Gasteiger partial charge in [0.2, 0.25) is 11.8 Å². The molecule has 1 atom stereocenters. The second-order valence-electron chi connectivity index (χ2n) is 6.82. The molecular formula is C16H25N5O3. The van der Waals surface area contributed by atoms with E-state index in [0.29, 0.717) is 24.8 Å². The molecule has 3 rings (SSSR count). The maximum atomic E-state index is 12.4. The summed E-state index contributed by atoms with van der Waals surface area (Å²) < 4.78 is 5.00. The molecule has 1 aromatic heterocycles. The Balaban J connectivity index is 1.42. The van der Waals surface area contributed by atoms with E-state index in [1.807, 2.05) is 4.90 Å². The minimum Gasteiger partial charge on any atom is -0.344 e. The normalized spacial score (nSPS) is 22.8. The number of carbonyl (C=O) groups is 2. The molecule has 132 valence electrons. The third-order valence-corrected chi connectivity index (χ3v) is 4.90. The number of rotatable bonds is 3. The molecule has 2 saturated heterocycles. The van der Waals surface area contributed by atoms with Crippen LogP contribution in [0.3, 0.4) is 0 Å². The Morgan fingerprint density at radius 2 is 2.08 bits per heavy atom. The highest BCUT2D eigenvalue weighted by Gasteiger charge is 2.28. The summed E-state index contributed by atoms with van der Waals surface area (Å²) in [5.41, 5.74) is 0. The molecule has 3 heterocycles. The first-order valence-corrected chi connectivity index (χ1v) is 8.60. The van der Waals surface area contributed by atoms with E-state index in [4.69, 9.17) is 4.52 Å². The summed E-state index contributed by atoms with van der Waals surface area (Å²) in [5.74, 6) is 1.99. The number of aryl methyl sites for hydroxylation is 1. The fraction of sp³-hybridized carbons (Fsp3) is 0.750. The highest BCUT2D eigenvalue weighted by molar-refractivity contribution is 5.78. The van der Waals surface area contributed by atoms with Gasteiger partial charge in [0.05, 0.1) is 0 Å². The van der Waals surface area contributed by atoms with Crippen LogP contribution in [0.15, 0.2) is 4.52 Å². The van der Waals surface area contributed by atoms with Crippen LogP contribution < -0.4 is 5.32 Å². The van der Waals surface area contributed by atoms with Crippen molar-refractivity contribution in [3.05, 3.63) is 11.7 Å². The van der Waals surface area contributed by atoms with Gasteiger partial charge in [-0.3, -0.25) is 4.79 Å². The van der Waals surface area contributed by atoms with Crippen LogP contribution in [0, 0.1) is 12.8 Å². The van der Waals surface area contributed by atoms with Gasteiger partial charge in [-0.05, 0) is 25.2 Å². The van der Waals surface area contributed by atoms with Crippen molar-refractivity contribution in [2.24, 2.45) is 5.92 Å². The SMILES string of the molecule is Cc1nc(CC2CCN(C(=O)N[C@@H]3CCC(=O)N(C)C3)CC2)no1. The van der Waals surface area contributed by atoms with Gasteiger partial charge in [0.15, 0.2) is 5.82 Å². The van der Waals surface area contributed by atoms with Crippen LogP contribution in [0.4, 0.5) is 4.79 Å². The Morgan fingerprint density at radius 3 is 2.71 bits per heavy atom. The van der Waals surface area contributed by atoms with Gasteiger partial charge in [0, 0.05) is 52.5 Å². The molecule has 8 heteroatoms. The average molecular weight is 335 g/mol. The number of nitrogens with zero attached hydrogens (tertiary/aromatic N) is 4. The van der Waals surface area contributed by atoms with Crippen LogP contribution in [0.25, 0.3) is 0 Å². The summed E-state index contributed by atoms with van der Waals surface area (Å²) in [5, 5.41) is 7.00. The van der Waals surface area contributed by atoms with E-state index in [9.17, 15) is 9.59 Å². The maximum absolute atomic E-state index is 12.4. The number of piperidine rings is 2. The van der Waals surface area contributed by atoms with Gasteiger partial charge >= 0.3 is 6.03 Å². The largest absolute Gasteiger partial charge is 0.344 e. The number of hydrogen-bond donors (Lipinski definition) is 1. The number of amides is 3. The van der Waals surface area contributed by atoms with Crippen LogP contribution in [-0.2, 0) is 11.2 Å². The zero-order chi connectivity index (χ0) is 17.1. The number of urea groups is 1. The highest BCUT2D eigenvalue weighted by atomic mass is 16.5. The molecule has 0 unspecified atom stereocenters. The lowest BCUT2D eigenvalue weighted by Crippen LogP contribution is -2.53. The summed E-state index contributed by atoms with van der Waals surface area (Å²) in [7, 11) is 1.78. The van der Waals surface area contributed by atoms with Crippen molar-refractivity contribution in [3.8, 4) is 0 Å². The molecule has 0 bridgehead atoms. The molecule has 24 heavy (non-hydrogen) atoms. The molecule has 0 radical (unpaired) electrons. The molecule has 1 N–H and O–H groups in total. The number of hydrogen-bond acceptors (Lipinski definition) is 5. The molecule has 0 saturated carbocycles. The second-order valence-corrected chi connectivity index (χ2v) is 6.82. The minimum atomic E-state index is -0.0170. The van der Waals surface area contributed by atoms with Crippen molar-refractivity contribution >= 4 is 11.9 Å². The van der Waals surface area contributed by atoms with E-state index in [1.54, 1.807) is 18.9 Å². The lowest BCUT2D eigenvalue weighted by atomic mass is 9.93. The predicted molar refractivity (Wildman–Crippen MR) is 86.2 cm³/mol. The second kappa shape index (κ2) is 7.19. The third kappa shape index (κ3) is 4.04. The van der Waals surface area contributed by atoms with E-state index in [2.05, 4.69) is 15.5 Å². The summed E-state index contributed by atoms with van der Waals surface area (Å²) >= 11 is 0. The molecule has 0 aromatic carbocycles. The highest BCUT2D eigenvalue weighted by Crippen LogP contribution is 2.21. The van der Waals surface area contributed by atoms with Crippen molar-refractivity contribution in [2.45, 2.75) is 45.1 Å². The van der Waals surface area contributed by atoms with Crippen LogP contribution in [-0.4, -0.2) is 64.6 Å². The van der Waals surface area contributed by atoms with Crippen LogP contribution in [0.1, 0.15) is 37.4 Å². The Morgan fingerprint density at radius 1 is 1.33 bits per heavy atom. The van der Waals surface area contributed by atoms with Crippen molar-refractivity contribution in [3.63, 3.8) is 0 Å². The smallest absolute Gasteiger partial charge is 0.317 e. The molecule has 8 nitrogen and oxygen atoms in total.